The fourth-order valence-electron chi connectivity index (χ4n) is 5.02. The minimum Gasteiger partial charge on any atom is -0.480 e. The van der Waals surface area contributed by atoms with Gasteiger partial charge in [0.05, 0.1) is 37.3 Å². The summed E-state index contributed by atoms with van der Waals surface area (Å²) in [6.07, 6.45) is 6.89. The smallest absolute Gasteiger partial charge is 0.263 e. The van der Waals surface area contributed by atoms with Gasteiger partial charge in [-0.2, -0.15) is 9.50 Å². The molecular weight excluding hydrogens is 438 g/mol. The van der Waals surface area contributed by atoms with E-state index in [0.29, 0.717) is 29.7 Å². The van der Waals surface area contributed by atoms with Crippen LogP contribution in [0.5, 0.6) is 11.8 Å². The number of amides is 1. The van der Waals surface area contributed by atoms with E-state index in [1.807, 2.05) is 20.0 Å². The van der Waals surface area contributed by atoms with Gasteiger partial charge in [-0.15, -0.1) is 5.10 Å². The third-order valence-electron chi connectivity index (χ3n) is 6.46. The Balaban J connectivity index is 1.37. The summed E-state index contributed by atoms with van der Waals surface area (Å²) >= 11 is 0. The van der Waals surface area contributed by atoms with E-state index >= 15 is 0 Å². The zero-order valence-corrected chi connectivity index (χ0v) is 19.4. The highest BCUT2D eigenvalue weighted by Gasteiger charge is 2.61. The fraction of sp³-hybridized carbons (Fsp3) is 0.435. The van der Waals surface area contributed by atoms with Gasteiger partial charge in [0.2, 0.25) is 17.5 Å². The van der Waals surface area contributed by atoms with E-state index in [1.54, 1.807) is 22.7 Å². The molecule has 1 amide bonds. The minimum absolute atomic E-state index is 0.0507. The third-order valence-corrected chi connectivity index (χ3v) is 6.46. The molecule has 6 heterocycles. The van der Waals surface area contributed by atoms with Crippen LogP contribution in [0.4, 0.5) is 5.82 Å². The zero-order valence-electron chi connectivity index (χ0n) is 19.4. The number of hydrogen-bond donors (Lipinski definition) is 1. The van der Waals surface area contributed by atoms with Crippen molar-refractivity contribution in [3.63, 3.8) is 0 Å². The van der Waals surface area contributed by atoms with E-state index in [0.717, 1.165) is 18.5 Å². The molecule has 2 saturated heterocycles. The molecule has 4 aromatic rings. The maximum Gasteiger partial charge on any atom is 0.263 e. The Morgan fingerprint density at radius 2 is 2.06 bits per heavy atom. The number of aromatic nitrogens is 6. The summed E-state index contributed by atoms with van der Waals surface area (Å²) in [5.41, 5.74) is 1.66. The molecule has 11 nitrogen and oxygen atoms in total. The number of nitrogens with one attached hydrogen (secondary N) is 1. The van der Waals surface area contributed by atoms with Gasteiger partial charge in [0, 0.05) is 23.9 Å². The standard InChI is InChI=1S/C23H25N7O4/c1-13(2)34-20-14(19(31)26-17-7-24-16-5-6-18(32-4)28-30(16)17)8-29-9-15(25-21(29)27-20)23-10-22(3,11-23)33-12-23/h5-9,13H,10-12H2,1-4H3,(H,26,31). The van der Waals surface area contributed by atoms with E-state index in [2.05, 4.69) is 27.3 Å². The second-order valence-electron chi connectivity index (χ2n) is 9.58. The van der Waals surface area contributed by atoms with E-state index in [1.165, 1.54) is 17.8 Å². The number of fused-ring (bicyclic) bond motifs is 3. The molecule has 0 unspecified atom stereocenters. The van der Waals surface area contributed by atoms with E-state index < -0.39 is 5.91 Å². The van der Waals surface area contributed by atoms with Gasteiger partial charge in [0.15, 0.2) is 11.5 Å². The van der Waals surface area contributed by atoms with E-state index in [9.17, 15) is 4.79 Å². The highest BCUT2D eigenvalue weighted by Crippen LogP contribution is 2.58. The molecule has 3 aliphatic rings. The monoisotopic (exact) mass is 463 g/mol. The molecule has 4 aromatic heterocycles. The van der Waals surface area contributed by atoms with Crippen LogP contribution in [0.1, 0.15) is 49.7 Å². The molecule has 11 heteroatoms. The van der Waals surface area contributed by atoms with Gasteiger partial charge >= 0.3 is 0 Å². The molecule has 0 spiro atoms. The lowest BCUT2D eigenvalue weighted by Crippen LogP contribution is -2.45. The summed E-state index contributed by atoms with van der Waals surface area (Å²) in [5, 5.41) is 7.19. The molecule has 1 N–H and O–H groups in total. The second kappa shape index (κ2) is 7.13. The van der Waals surface area contributed by atoms with Crippen molar-refractivity contribution >= 4 is 23.1 Å². The fourth-order valence-corrected chi connectivity index (χ4v) is 5.02. The second-order valence-corrected chi connectivity index (χ2v) is 9.58. The molecule has 176 valence electrons. The first-order valence-corrected chi connectivity index (χ1v) is 11.2. The van der Waals surface area contributed by atoms with Crippen molar-refractivity contribution in [3.05, 3.63) is 42.0 Å². The molecule has 0 aromatic carbocycles. The van der Waals surface area contributed by atoms with Crippen LogP contribution in [0.2, 0.25) is 0 Å². The lowest BCUT2D eigenvalue weighted by atomic mass is 9.62. The van der Waals surface area contributed by atoms with E-state index in [4.69, 9.17) is 19.2 Å². The van der Waals surface area contributed by atoms with Crippen molar-refractivity contribution in [2.45, 2.75) is 50.7 Å². The Bertz CT molecular complexity index is 1430. The SMILES string of the molecule is COc1ccc2ncc(NC(=O)c3cn4cc(C56COC(C)(C5)C6)nc4nc3OC(C)C)n2n1. The van der Waals surface area contributed by atoms with Crippen LogP contribution in [0, 0.1) is 0 Å². The predicted molar refractivity (Wildman–Crippen MR) is 122 cm³/mol. The topological polar surface area (TPSA) is 117 Å². The molecule has 1 saturated carbocycles. The number of carbonyl (C=O) groups excluding carboxylic acids is 1. The van der Waals surface area contributed by atoms with Crippen LogP contribution in [0.25, 0.3) is 11.4 Å². The maximum absolute atomic E-state index is 13.3. The maximum atomic E-state index is 13.3. The van der Waals surface area contributed by atoms with Crippen molar-refractivity contribution in [1.29, 1.82) is 0 Å². The summed E-state index contributed by atoms with van der Waals surface area (Å²) in [7, 11) is 1.53. The van der Waals surface area contributed by atoms with Gasteiger partial charge in [0.25, 0.3) is 5.91 Å². The van der Waals surface area contributed by atoms with Crippen LogP contribution in [-0.4, -0.2) is 60.3 Å². The Morgan fingerprint density at radius 3 is 2.76 bits per heavy atom. The third kappa shape index (κ3) is 3.18. The van der Waals surface area contributed by atoms with Crippen molar-refractivity contribution < 1.29 is 19.0 Å². The molecule has 3 fully saturated rings. The van der Waals surface area contributed by atoms with Crippen molar-refractivity contribution in [2.24, 2.45) is 0 Å². The molecular formula is C23H25N7O4. The quantitative estimate of drug-likeness (QED) is 0.464. The van der Waals surface area contributed by atoms with Gasteiger partial charge in [0.1, 0.15) is 5.56 Å². The Hall–Kier alpha value is -3.73. The average Bonchev–Trinajstić information content (AvgIpc) is 3.53. The van der Waals surface area contributed by atoms with Crippen molar-refractivity contribution in [2.75, 3.05) is 19.0 Å². The number of ether oxygens (including phenoxy) is 3. The number of imidazole rings is 2. The zero-order chi connectivity index (χ0) is 23.7. The summed E-state index contributed by atoms with van der Waals surface area (Å²) in [6, 6.07) is 3.46. The van der Waals surface area contributed by atoms with Gasteiger partial charge in [-0.05, 0) is 39.7 Å². The van der Waals surface area contributed by atoms with Crippen LogP contribution >= 0.6 is 0 Å². The lowest BCUT2D eigenvalue weighted by Gasteiger charge is -2.41. The highest BCUT2D eigenvalue weighted by atomic mass is 16.5. The summed E-state index contributed by atoms with van der Waals surface area (Å²) in [5.74, 6) is 1.11. The molecule has 34 heavy (non-hydrogen) atoms. The molecule has 1 aliphatic carbocycles. The van der Waals surface area contributed by atoms with Crippen LogP contribution < -0.4 is 14.8 Å². The number of rotatable bonds is 6. The van der Waals surface area contributed by atoms with Crippen LogP contribution in [0.3, 0.4) is 0 Å². The lowest BCUT2D eigenvalue weighted by molar-refractivity contribution is 0.0154. The van der Waals surface area contributed by atoms with Gasteiger partial charge in [-0.1, -0.05) is 0 Å². The largest absolute Gasteiger partial charge is 0.480 e. The summed E-state index contributed by atoms with van der Waals surface area (Å²) < 4.78 is 20.3. The molecule has 7 rings (SSSR count). The number of methoxy groups -OCH3 is 1. The number of carbonyl (C=O) groups is 1. The normalized spacial score (nSPS) is 23.4. The van der Waals surface area contributed by atoms with Gasteiger partial charge < -0.3 is 19.5 Å². The Kier molecular flexibility index (Phi) is 4.37. The van der Waals surface area contributed by atoms with Gasteiger partial charge in [-0.25, -0.2) is 9.97 Å². The minimum atomic E-state index is -0.398. The molecule has 2 aliphatic heterocycles. The van der Waals surface area contributed by atoms with Gasteiger partial charge in [-0.3, -0.25) is 9.20 Å². The number of nitrogens with zero attached hydrogens (tertiary/aromatic N) is 6. The van der Waals surface area contributed by atoms with Crippen molar-refractivity contribution in [1.82, 2.24) is 29.0 Å². The first kappa shape index (κ1) is 20.8. The van der Waals surface area contributed by atoms with Crippen LogP contribution in [0.15, 0.2) is 30.7 Å². The Morgan fingerprint density at radius 1 is 1.24 bits per heavy atom. The first-order valence-electron chi connectivity index (χ1n) is 11.2. The average molecular weight is 463 g/mol. The Labute approximate surface area is 195 Å². The predicted octanol–water partition coefficient (Wildman–Crippen LogP) is 2.64. The molecule has 0 atom stereocenters. The summed E-state index contributed by atoms with van der Waals surface area (Å²) in [6.45, 7) is 6.55. The number of hydrogen-bond acceptors (Lipinski definition) is 8. The van der Waals surface area contributed by atoms with Crippen molar-refractivity contribution in [3.8, 4) is 11.8 Å². The number of anilines is 1. The first-order chi connectivity index (χ1) is 16.3. The molecule has 0 radical (unpaired) electrons. The molecule has 2 bridgehead atoms. The summed E-state index contributed by atoms with van der Waals surface area (Å²) in [4.78, 5) is 27.0. The van der Waals surface area contributed by atoms with E-state index in [-0.39, 0.29) is 28.6 Å². The highest BCUT2D eigenvalue weighted by molar-refractivity contribution is 6.05. The van der Waals surface area contributed by atoms with Crippen LogP contribution in [-0.2, 0) is 10.2 Å².